The zero-order chi connectivity index (χ0) is 25.8. The number of hydrazone groups is 1. The molecule has 0 heterocycles. The second kappa shape index (κ2) is 10.1. The third-order valence-corrected chi connectivity index (χ3v) is 5.42. The Morgan fingerprint density at radius 2 is 1.82 bits per heavy atom. The SMILES string of the molecule is Cc1cc(O)c(C)c(O)c1/C=N/NC(=O)COc1ccc(C(C)(C)CC(C)(C)C)cc1[N+](=O)[O-]. The summed E-state index contributed by atoms with van der Waals surface area (Å²) in [5.74, 6) is -0.826. The van der Waals surface area contributed by atoms with Crippen LogP contribution < -0.4 is 10.2 Å². The number of phenolic OH excluding ortho intramolecular Hbond substituents is 2. The molecule has 9 nitrogen and oxygen atoms in total. The number of phenols is 2. The smallest absolute Gasteiger partial charge is 0.311 e. The first-order valence-electron chi connectivity index (χ1n) is 10.9. The molecule has 0 aliphatic carbocycles. The number of hydrogen-bond acceptors (Lipinski definition) is 7. The van der Waals surface area contributed by atoms with Gasteiger partial charge in [0.05, 0.1) is 11.1 Å². The Bertz CT molecular complexity index is 1120. The number of nitrogens with zero attached hydrogens (tertiary/aromatic N) is 2. The highest BCUT2D eigenvalue weighted by Gasteiger charge is 2.30. The first kappa shape index (κ1) is 26.6. The summed E-state index contributed by atoms with van der Waals surface area (Å²) in [6, 6.07) is 6.26. The van der Waals surface area contributed by atoms with E-state index in [1.165, 1.54) is 24.4 Å². The van der Waals surface area contributed by atoms with Gasteiger partial charge in [-0.05, 0) is 54.4 Å². The number of hydrogen-bond donors (Lipinski definition) is 3. The average molecular weight is 472 g/mol. The van der Waals surface area contributed by atoms with E-state index in [4.69, 9.17) is 4.74 Å². The third kappa shape index (κ3) is 6.69. The lowest BCUT2D eigenvalue weighted by molar-refractivity contribution is -0.385. The summed E-state index contributed by atoms with van der Waals surface area (Å²) in [5.41, 5.74) is 3.83. The highest BCUT2D eigenvalue weighted by Crippen LogP contribution is 2.39. The quantitative estimate of drug-likeness (QED) is 0.286. The minimum Gasteiger partial charge on any atom is -0.508 e. The van der Waals surface area contributed by atoms with Crippen molar-refractivity contribution < 1.29 is 24.7 Å². The molecule has 0 saturated heterocycles. The maximum atomic E-state index is 12.1. The van der Waals surface area contributed by atoms with Crippen molar-refractivity contribution in [3.05, 3.63) is 56.6 Å². The van der Waals surface area contributed by atoms with Crippen molar-refractivity contribution in [1.29, 1.82) is 0 Å². The van der Waals surface area contributed by atoms with Gasteiger partial charge in [-0.1, -0.05) is 40.7 Å². The van der Waals surface area contributed by atoms with Crippen molar-refractivity contribution in [3.63, 3.8) is 0 Å². The van der Waals surface area contributed by atoms with Gasteiger partial charge in [0.15, 0.2) is 12.4 Å². The van der Waals surface area contributed by atoms with Crippen LogP contribution >= 0.6 is 0 Å². The largest absolute Gasteiger partial charge is 0.508 e. The Hall–Kier alpha value is -3.62. The van der Waals surface area contributed by atoms with Gasteiger partial charge in [0.2, 0.25) is 0 Å². The van der Waals surface area contributed by atoms with Gasteiger partial charge in [0.25, 0.3) is 5.91 Å². The normalized spacial score (nSPS) is 12.1. The minimum atomic E-state index is -0.629. The Balaban J connectivity index is 2.10. The lowest BCUT2D eigenvalue weighted by Gasteiger charge is -2.33. The fourth-order valence-corrected chi connectivity index (χ4v) is 4.04. The van der Waals surface area contributed by atoms with E-state index >= 15 is 0 Å². The maximum Gasteiger partial charge on any atom is 0.311 e. The summed E-state index contributed by atoms with van der Waals surface area (Å²) in [4.78, 5) is 23.2. The summed E-state index contributed by atoms with van der Waals surface area (Å²) in [6.45, 7) is 13.2. The van der Waals surface area contributed by atoms with Crippen LogP contribution in [0.2, 0.25) is 0 Å². The molecule has 2 rings (SSSR count). The van der Waals surface area contributed by atoms with Crippen LogP contribution in [0.3, 0.4) is 0 Å². The summed E-state index contributed by atoms with van der Waals surface area (Å²) < 4.78 is 5.40. The number of ether oxygens (including phenoxy) is 1. The van der Waals surface area contributed by atoms with Crippen molar-refractivity contribution in [2.45, 2.75) is 60.3 Å². The summed E-state index contributed by atoms with van der Waals surface area (Å²) in [6.07, 6.45) is 2.08. The third-order valence-electron chi connectivity index (χ3n) is 5.42. The molecular formula is C25H33N3O6. The number of nitro benzene ring substituents is 1. The van der Waals surface area contributed by atoms with Gasteiger partial charge in [-0.3, -0.25) is 14.9 Å². The number of amides is 1. The van der Waals surface area contributed by atoms with Crippen LogP contribution in [0, 0.1) is 29.4 Å². The number of carbonyl (C=O) groups excluding carboxylic acids is 1. The van der Waals surface area contributed by atoms with E-state index in [2.05, 4.69) is 31.3 Å². The topological polar surface area (TPSA) is 134 Å². The molecule has 1 amide bonds. The van der Waals surface area contributed by atoms with E-state index in [1.54, 1.807) is 19.9 Å². The number of aromatic hydroxyl groups is 2. The molecule has 0 spiro atoms. The molecule has 0 bridgehead atoms. The zero-order valence-electron chi connectivity index (χ0n) is 20.7. The van der Waals surface area contributed by atoms with Crippen LogP contribution in [0.25, 0.3) is 0 Å². The lowest BCUT2D eigenvalue weighted by Crippen LogP contribution is -2.26. The molecule has 0 aromatic heterocycles. The molecule has 0 atom stereocenters. The molecule has 2 aromatic rings. The van der Waals surface area contributed by atoms with E-state index in [0.29, 0.717) is 16.7 Å². The van der Waals surface area contributed by atoms with Gasteiger partial charge >= 0.3 is 5.69 Å². The number of carbonyl (C=O) groups is 1. The van der Waals surface area contributed by atoms with Crippen molar-refractivity contribution >= 4 is 17.8 Å². The summed E-state index contributed by atoms with van der Waals surface area (Å²) >= 11 is 0. The lowest BCUT2D eigenvalue weighted by atomic mass is 9.72. The van der Waals surface area contributed by atoms with Gasteiger partial charge in [-0.25, -0.2) is 5.43 Å². The predicted molar refractivity (Wildman–Crippen MR) is 131 cm³/mol. The van der Waals surface area contributed by atoms with Crippen LogP contribution in [-0.2, 0) is 10.2 Å². The van der Waals surface area contributed by atoms with Crippen LogP contribution in [0.5, 0.6) is 17.2 Å². The van der Waals surface area contributed by atoms with E-state index in [0.717, 1.165) is 12.0 Å². The van der Waals surface area contributed by atoms with E-state index < -0.39 is 17.4 Å². The molecule has 0 saturated carbocycles. The minimum absolute atomic E-state index is 0.0120. The van der Waals surface area contributed by atoms with Crippen LogP contribution in [0.1, 0.15) is 63.3 Å². The molecular weight excluding hydrogens is 438 g/mol. The van der Waals surface area contributed by atoms with E-state index in [9.17, 15) is 25.1 Å². The number of nitro groups is 1. The van der Waals surface area contributed by atoms with Crippen molar-refractivity contribution in [2.75, 3.05) is 6.61 Å². The standard InChI is InChI=1S/C25H33N3O6/c1-15-10-20(29)16(2)23(31)18(15)12-26-27-22(30)13-34-21-9-8-17(11-19(21)28(32)33)25(6,7)14-24(3,4)5/h8-12,29,31H,13-14H2,1-7H3,(H,27,30)/b26-12+. The average Bonchev–Trinajstić information content (AvgIpc) is 2.71. The Labute approximate surface area is 199 Å². The second-order valence-corrected chi connectivity index (χ2v) is 10.2. The van der Waals surface area contributed by atoms with E-state index in [-0.39, 0.29) is 33.8 Å². The Kier molecular flexibility index (Phi) is 7.92. The number of nitrogens with one attached hydrogen (secondary N) is 1. The van der Waals surface area contributed by atoms with Crippen molar-refractivity contribution in [3.8, 4) is 17.2 Å². The molecule has 34 heavy (non-hydrogen) atoms. The van der Waals surface area contributed by atoms with Crippen LogP contribution in [0.4, 0.5) is 5.69 Å². The van der Waals surface area contributed by atoms with E-state index in [1.807, 2.05) is 13.8 Å². The van der Waals surface area contributed by atoms with Crippen molar-refractivity contribution in [1.82, 2.24) is 5.43 Å². The fourth-order valence-electron chi connectivity index (χ4n) is 4.04. The predicted octanol–water partition coefficient (Wildman–Crippen LogP) is 4.87. The Morgan fingerprint density at radius 1 is 1.18 bits per heavy atom. The van der Waals surface area contributed by atoms with Crippen molar-refractivity contribution in [2.24, 2.45) is 10.5 Å². The molecule has 0 aliphatic rings. The van der Waals surface area contributed by atoms with Gasteiger partial charge in [-0.15, -0.1) is 0 Å². The Morgan fingerprint density at radius 3 is 2.41 bits per heavy atom. The zero-order valence-corrected chi connectivity index (χ0v) is 20.7. The first-order chi connectivity index (χ1) is 15.6. The summed E-state index contributed by atoms with van der Waals surface area (Å²) in [7, 11) is 0. The van der Waals surface area contributed by atoms with Crippen LogP contribution in [-0.4, -0.2) is 33.9 Å². The van der Waals surface area contributed by atoms with Gasteiger partial charge in [0, 0.05) is 17.2 Å². The molecule has 2 aromatic carbocycles. The van der Waals surface area contributed by atoms with Gasteiger partial charge in [-0.2, -0.15) is 5.10 Å². The molecule has 9 heteroatoms. The second-order valence-electron chi connectivity index (χ2n) is 10.2. The number of benzene rings is 2. The highest BCUT2D eigenvalue weighted by atomic mass is 16.6. The number of rotatable bonds is 8. The maximum absolute atomic E-state index is 12.1. The van der Waals surface area contributed by atoms with Gasteiger partial charge in [0.1, 0.15) is 11.5 Å². The summed E-state index contributed by atoms with van der Waals surface area (Å²) in [5, 5.41) is 35.3. The highest BCUT2D eigenvalue weighted by molar-refractivity contribution is 5.88. The molecule has 0 unspecified atom stereocenters. The van der Waals surface area contributed by atoms with Crippen LogP contribution in [0.15, 0.2) is 29.4 Å². The fraction of sp³-hybridized carbons (Fsp3) is 0.440. The van der Waals surface area contributed by atoms with Gasteiger partial charge < -0.3 is 14.9 Å². The molecule has 184 valence electrons. The molecule has 0 radical (unpaired) electrons. The number of aryl methyl sites for hydroxylation is 1. The first-order valence-corrected chi connectivity index (χ1v) is 10.9. The monoisotopic (exact) mass is 471 g/mol. The molecule has 3 N–H and O–H groups in total. The molecule has 0 fully saturated rings. The molecule has 0 aliphatic heterocycles.